The first-order valence-corrected chi connectivity index (χ1v) is 7.63. The van der Waals surface area contributed by atoms with Gasteiger partial charge < -0.3 is 5.32 Å². The first-order chi connectivity index (χ1) is 8.36. The van der Waals surface area contributed by atoms with Crippen molar-refractivity contribution in [3.63, 3.8) is 0 Å². The first kappa shape index (κ1) is 11.6. The molecule has 0 radical (unpaired) electrons. The SMILES string of the molecule is CCc1nc(CN2CCCC3CNCC32)cs1. The third kappa shape index (κ3) is 2.39. The summed E-state index contributed by atoms with van der Waals surface area (Å²) in [5.41, 5.74) is 1.28. The second kappa shape index (κ2) is 5.04. The molecule has 3 rings (SSSR count). The summed E-state index contributed by atoms with van der Waals surface area (Å²) in [5.74, 6) is 0.882. The molecule has 0 amide bonds. The minimum absolute atomic E-state index is 0.760. The molecule has 2 saturated heterocycles. The van der Waals surface area contributed by atoms with Gasteiger partial charge >= 0.3 is 0 Å². The summed E-state index contributed by atoms with van der Waals surface area (Å²) in [6.45, 7) is 6.88. The van der Waals surface area contributed by atoms with Crippen molar-refractivity contribution < 1.29 is 0 Å². The number of nitrogens with zero attached hydrogens (tertiary/aromatic N) is 2. The highest BCUT2D eigenvalue weighted by Gasteiger charge is 2.34. The Balaban J connectivity index is 1.67. The van der Waals surface area contributed by atoms with Crippen LogP contribution in [0, 0.1) is 5.92 Å². The molecule has 3 nitrogen and oxygen atoms in total. The van der Waals surface area contributed by atoms with Gasteiger partial charge in [-0.1, -0.05) is 6.92 Å². The minimum atomic E-state index is 0.760. The lowest BCUT2D eigenvalue weighted by molar-refractivity contribution is 0.116. The van der Waals surface area contributed by atoms with Crippen LogP contribution in [0.1, 0.15) is 30.5 Å². The molecule has 17 heavy (non-hydrogen) atoms. The fourth-order valence-corrected chi connectivity index (χ4v) is 3.89. The summed E-state index contributed by atoms with van der Waals surface area (Å²) in [6, 6.07) is 0.760. The zero-order valence-corrected chi connectivity index (χ0v) is 11.3. The quantitative estimate of drug-likeness (QED) is 0.889. The van der Waals surface area contributed by atoms with E-state index in [1.54, 1.807) is 0 Å². The minimum Gasteiger partial charge on any atom is -0.315 e. The standard InChI is InChI=1S/C13H21N3S/c1-2-13-15-11(9-17-13)8-16-5-3-4-10-6-14-7-12(10)16/h9-10,12,14H,2-8H2,1H3. The second-order valence-electron chi connectivity index (χ2n) is 5.18. The van der Waals surface area contributed by atoms with Gasteiger partial charge in [-0.05, 0) is 38.3 Å². The Morgan fingerprint density at radius 3 is 3.29 bits per heavy atom. The van der Waals surface area contributed by atoms with E-state index in [4.69, 9.17) is 4.98 Å². The Labute approximate surface area is 107 Å². The van der Waals surface area contributed by atoms with E-state index >= 15 is 0 Å². The molecular weight excluding hydrogens is 230 g/mol. The van der Waals surface area contributed by atoms with E-state index in [0.29, 0.717) is 0 Å². The number of rotatable bonds is 3. The molecular formula is C13H21N3S. The summed E-state index contributed by atoms with van der Waals surface area (Å²) in [7, 11) is 0. The summed E-state index contributed by atoms with van der Waals surface area (Å²) in [5, 5.41) is 7.05. The number of hydrogen-bond acceptors (Lipinski definition) is 4. The van der Waals surface area contributed by atoms with Crippen LogP contribution < -0.4 is 5.32 Å². The summed E-state index contributed by atoms with van der Waals surface area (Å²) in [6.07, 6.45) is 3.83. The van der Waals surface area contributed by atoms with Crippen LogP contribution in [0.2, 0.25) is 0 Å². The molecule has 2 fully saturated rings. The van der Waals surface area contributed by atoms with Crippen LogP contribution in [0.3, 0.4) is 0 Å². The zero-order valence-electron chi connectivity index (χ0n) is 10.5. The van der Waals surface area contributed by atoms with Gasteiger partial charge in [0.2, 0.25) is 0 Å². The summed E-state index contributed by atoms with van der Waals surface area (Å²) < 4.78 is 0. The third-order valence-corrected chi connectivity index (χ3v) is 5.10. The maximum absolute atomic E-state index is 4.69. The fourth-order valence-electron chi connectivity index (χ4n) is 3.15. The van der Waals surface area contributed by atoms with Crippen molar-refractivity contribution in [1.82, 2.24) is 15.2 Å². The average Bonchev–Trinajstić information content (AvgIpc) is 2.97. The van der Waals surface area contributed by atoms with Gasteiger partial charge in [0, 0.05) is 24.5 Å². The van der Waals surface area contributed by atoms with E-state index in [-0.39, 0.29) is 0 Å². The van der Waals surface area contributed by atoms with Crippen LogP contribution in [0.15, 0.2) is 5.38 Å². The topological polar surface area (TPSA) is 28.2 Å². The number of aromatic nitrogens is 1. The maximum atomic E-state index is 4.69. The Hall–Kier alpha value is -0.450. The Bertz CT molecular complexity index is 376. The molecule has 1 aromatic heterocycles. The summed E-state index contributed by atoms with van der Waals surface area (Å²) >= 11 is 1.81. The third-order valence-electron chi connectivity index (χ3n) is 4.06. The highest BCUT2D eigenvalue weighted by atomic mass is 32.1. The van der Waals surface area contributed by atoms with Gasteiger partial charge in [-0.25, -0.2) is 4.98 Å². The Morgan fingerprint density at radius 1 is 1.53 bits per heavy atom. The molecule has 0 saturated carbocycles. The van der Waals surface area contributed by atoms with Crippen molar-refractivity contribution in [1.29, 1.82) is 0 Å². The van der Waals surface area contributed by atoms with E-state index in [2.05, 4.69) is 22.5 Å². The van der Waals surface area contributed by atoms with Crippen LogP contribution in [0.5, 0.6) is 0 Å². The number of thiazole rings is 1. The van der Waals surface area contributed by atoms with Crippen molar-refractivity contribution >= 4 is 11.3 Å². The lowest BCUT2D eigenvalue weighted by atomic mass is 9.92. The maximum Gasteiger partial charge on any atom is 0.0926 e. The van der Waals surface area contributed by atoms with E-state index in [0.717, 1.165) is 24.9 Å². The van der Waals surface area contributed by atoms with Gasteiger partial charge in [-0.3, -0.25) is 4.90 Å². The fraction of sp³-hybridized carbons (Fsp3) is 0.769. The average molecular weight is 251 g/mol. The van der Waals surface area contributed by atoms with Gasteiger partial charge in [0.1, 0.15) is 0 Å². The van der Waals surface area contributed by atoms with Gasteiger partial charge in [-0.2, -0.15) is 0 Å². The van der Waals surface area contributed by atoms with E-state index in [1.165, 1.54) is 43.2 Å². The largest absolute Gasteiger partial charge is 0.315 e. The molecule has 0 spiro atoms. The van der Waals surface area contributed by atoms with Crippen molar-refractivity contribution in [2.24, 2.45) is 5.92 Å². The predicted octanol–water partition coefficient (Wildman–Crippen LogP) is 1.89. The molecule has 3 heterocycles. The Kier molecular flexibility index (Phi) is 3.45. The van der Waals surface area contributed by atoms with Crippen molar-refractivity contribution in [3.8, 4) is 0 Å². The van der Waals surface area contributed by atoms with Gasteiger partial charge in [0.05, 0.1) is 10.7 Å². The normalized spacial score (nSPS) is 29.5. The van der Waals surface area contributed by atoms with E-state index < -0.39 is 0 Å². The smallest absolute Gasteiger partial charge is 0.0926 e. The molecule has 2 atom stereocenters. The van der Waals surface area contributed by atoms with Crippen LogP contribution in [-0.4, -0.2) is 35.6 Å². The number of likely N-dealkylation sites (tertiary alicyclic amines) is 1. The van der Waals surface area contributed by atoms with Crippen LogP contribution in [0.25, 0.3) is 0 Å². The van der Waals surface area contributed by atoms with Crippen LogP contribution in [-0.2, 0) is 13.0 Å². The molecule has 1 aromatic rings. The number of hydrogen-bond donors (Lipinski definition) is 1. The zero-order chi connectivity index (χ0) is 11.7. The monoisotopic (exact) mass is 251 g/mol. The highest BCUT2D eigenvalue weighted by Crippen LogP contribution is 2.27. The van der Waals surface area contributed by atoms with Gasteiger partial charge in [0.25, 0.3) is 0 Å². The molecule has 0 bridgehead atoms. The van der Waals surface area contributed by atoms with Crippen molar-refractivity contribution in [2.45, 2.75) is 38.8 Å². The predicted molar refractivity (Wildman–Crippen MR) is 71.3 cm³/mol. The van der Waals surface area contributed by atoms with Crippen molar-refractivity contribution in [2.75, 3.05) is 19.6 Å². The number of fused-ring (bicyclic) bond motifs is 1. The lowest BCUT2D eigenvalue weighted by Crippen LogP contribution is -2.44. The molecule has 0 aromatic carbocycles. The second-order valence-corrected chi connectivity index (χ2v) is 6.13. The highest BCUT2D eigenvalue weighted by molar-refractivity contribution is 7.09. The first-order valence-electron chi connectivity index (χ1n) is 6.75. The van der Waals surface area contributed by atoms with Gasteiger partial charge in [-0.15, -0.1) is 11.3 Å². The Morgan fingerprint density at radius 2 is 2.47 bits per heavy atom. The number of piperidine rings is 1. The van der Waals surface area contributed by atoms with Gasteiger partial charge in [0.15, 0.2) is 0 Å². The molecule has 2 aliphatic heterocycles. The lowest BCUT2D eigenvalue weighted by Gasteiger charge is -2.36. The molecule has 2 aliphatic rings. The van der Waals surface area contributed by atoms with E-state index in [1.807, 2.05) is 11.3 Å². The van der Waals surface area contributed by atoms with Crippen molar-refractivity contribution in [3.05, 3.63) is 16.1 Å². The number of aryl methyl sites for hydroxylation is 1. The summed E-state index contributed by atoms with van der Waals surface area (Å²) in [4.78, 5) is 7.33. The molecule has 4 heteroatoms. The molecule has 2 unspecified atom stereocenters. The van der Waals surface area contributed by atoms with Crippen LogP contribution >= 0.6 is 11.3 Å². The molecule has 0 aliphatic carbocycles. The number of nitrogens with one attached hydrogen (secondary N) is 1. The van der Waals surface area contributed by atoms with E-state index in [9.17, 15) is 0 Å². The molecule has 1 N–H and O–H groups in total. The van der Waals surface area contributed by atoms with Crippen LogP contribution in [0.4, 0.5) is 0 Å². The molecule has 94 valence electrons.